The van der Waals surface area contributed by atoms with Gasteiger partial charge in [-0.2, -0.15) is 0 Å². The minimum absolute atomic E-state index is 0.655. The molecule has 0 fully saturated rings. The minimum Gasteiger partial charge on any atom is -0.140 e. The largest absolute Gasteiger partial charge is 0.140 e. The Morgan fingerprint density at radius 3 is 1.57 bits per heavy atom. The lowest BCUT2D eigenvalue weighted by Crippen LogP contribution is -1.90. The van der Waals surface area contributed by atoms with Gasteiger partial charge in [-0.25, -0.2) is 0 Å². The Morgan fingerprint density at radius 1 is 0.469 bits per heavy atom. The number of rotatable bonds is 16. The van der Waals surface area contributed by atoms with Crippen LogP contribution in [-0.4, -0.2) is 0 Å². The van der Waals surface area contributed by atoms with Crippen LogP contribution in [-0.2, 0) is 6.42 Å². The molecule has 4 aromatic heterocycles. The third-order valence-electron chi connectivity index (χ3n) is 10.5. The van der Waals surface area contributed by atoms with Crippen molar-refractivity contribution in [3.8, 4) is 20.9 Å². The summed E-state index contributed by atoms with van der Waals surface area (Å²) in [6, 6.07) is 24.5. The first kappa shape index (κ1) is 34.9. The summed E-state index contributed by atoms with van der Waals surface area (Å²) in [6.07, 6.45) is 17.5. The van der Waals surface area contributed by atoms with Crippen molar-refractivity contribution >= 4 is 85.7 Å². The molecule has 0 N–H and O–H groups in total. The van der Waals surface area contributed by atoms with Crippen molar-refractivity contribution in [3.63, 3.8) is 0 Å². The molecule has 7 aromatic rings. The molecule has 0 saturated heterocycles. The van der Waals surface area contributed by atoms with E-state index in [1.165, 1.54) is 156 Å². The van der Waals surface area contributed by atoms with E-state index >= 15 is 0 Å². The number of hydrogen-bond donors (Lipinski definition) is 0. The van der Waals surface area contributed by atoms with Crippen molar-refractivity contribution in [1.82, 2.24) is 0 Å². The van der Waals surface area contributed by atoms with Crippen LogP contribution in [0.2, 0.25) is 0 Å². The normalized spacial score (nSPS) is 12.8. The quantitative estimate of drug-likeness (QED) is 0.0872. The molecular formula is C45H52S4. The van der Waals surface area contributed by atoms with E-state index in [1.807, 2.05) is 45.3 Å². The van der Waals surface area contributed by atoms with Crippen LogP contribution in [0.25, 0.3) is 61.2 Å². The molecule has 1 atom stereocenters. The van der Waals surface area contributed by atoms with Gasteiger partial charge in [0.1, 0.15) is 0 Å². The molecule has 7 rings (SSSR count). The molecule has 4 heteroatoms. The van der Waals surface area contributed by atoms with Gasteiger partial charge in [0.25, 0.3) is 0 Å². The van der Waals surface area contributed by atoms with Crippen LogP contribution in [0, 0.1) is 13.8 Å². The number of aryl methyl sites for hydroxylation is 3. The Hall–Kier alpha value is -2.50. The van der Waals surface area contributed by atoms with Crippen LogP contribution in [0.4, 0.5) is 0 Å². The molecule has 0 aliphatic heterocycles. The molecular weight excluding hydrogens is 669 g/mol. The predicted molar refractivity (Wildman–Crippen MR) is 227 cm³/mol. The molecule has 0 aliphatic rings. The molecule has 0 radical (unpaired) electrons. The van der Waals surface area contributed by atoms with Gasteiger partial charge >= 0.3 is 0 Å². The van der Waals surface area contributed by atoms with E-state index in [4.69, 9.17) is 0 Å². The third kappa shape index (κ3) is 7.88. The summed E-state index contributed by atoms with van der Waals surface area (Å²) in [5, 5.41) is 5.59. The molecule has 3 aromatic carbocycles. The molecule has 4 heterocycles. The van der Waals surface area contributed by atoms with E-state index in [9.17, 15) is 0 Å². The highest BCUT2D eigenvalue weighted by atomic mass is 32.1. The third-order valence-corrected chi connectivity index (χ3v) is 15.2. The fourth-order valence-electron chi connectivity index (χ4n) is 7.48. The first-order valence-electron chi connectivity index (χ1n) is 18.9. The van der Waals surface area contributed by atoms with E-state index in [-0.39, 0.29) is 0 Å². The van der Waals surface area contributed by atoms with Gasteiger partial charge in [0.15, 0.2) is 0 Å². The number of thiophene rings is 4. The highest BCUT2D eigenvalue weighted by Crippen LogP contribution is 2.44. The van der Waals surface area contributed by atoms with Crippen LogP contribution < -0.4 is 0 Å². The zero-order valence-corrected chi connectivity index (χ0v) is 33.4. The van der Waals surface area contributed by atoms with Gasteiger partial charge in [0.05, 0.1) is 0 Å². The monoisotopic (exact) mass is 720 g/mol. The summed E-state index contributed by atoms with van der Waals surface area (Å²) in [7, 11) is 0. The Balaban J connectivity index is 1.07. The smallest absolute Gasteiger partial charge is 0.0363 e. The van der Waals surface area contributed by atoms with Gasteiger partial charge in [-0.05, 0) is 143 Å². The first-order valence-corrected chi connectivity index (χ1v) is 22.2. The number of unbranched alkanes of at least 4 members (excludes halogenated alkanes) is 9. The molecule has 0 spiro atoms. The van der Waals surface area contributed by atoms with Crippen LogP contribution >= 0.6 is 45.3 Å². The minimum atomic E-state index is 0.655. The fourth-order valence-corrected chi connectivity index (χ4v) is 12.3. The van der Waals surface area contributed by atoms with Crippen LogP contribution in [0.1, 0.15) is 125 Å². The van der Waals surface area contributed by atoms with E-state index < -0.39 is 0 Å². The number of hydrogen-bond acceptors (Lipinski definition) is 4. The summed E-state index contributed by atoms with van der Waals surface area (Å²) < 4.78 is 5.70. The molecule has 0 amide bonds. The second-order valence-electron chi connectivity index (χ2n) is 14.5. The topological polar surface area (TPSA) is 0 Å². The van der Waals surface area contributed by atoms with E-state index in [2.05, 4.69) is 95.3 Å². The SMILES string of the molecule is CCCCCCCCc1cc2cc3cc(-c4cc(C)c(-c5cc6cc7cc(C(C)CCCCCCC)sc7cc6s5)cc4C)sc3cc2s1. The van der Waals surface area contributed by atoms with Crippen LogP contribution in [0.3, 0.4) is 0 Å². The highest BCUT2D eigenvalue weighted by Gasteiger charge is 2.16. The first-order chi connectivity index (χ1) is 23.9. The fraction of sp³-hybridized carbons (Fsp3) is 0.422. The number of fused-ring (bicyclic) bond motifs is 4. The standard InChI is InChI=1S/C45H52S4/c1-6-8-10-12-14-16-18-36-23-32-21-34-25-44(48-42(34)27-40(32)46-36)37-19-31(5)38(20-30(37)4)45-26-35-22-33-24-39(47-41(33)28-43(35)49-45)29(3)17-15-13-11-9-7-2/h19-29H,6-18H2,1-5H3. The van der Waals surface area contributed by atoms with Crippen LogP contribution in [0.5, 0.6) is 0 Å². The molecule has 0 aliphatic carbocycles. The molecule has 49 heavy (non-hydrogen) atoms. The van der Waals surface area contributed by atoms with E-state index in [0.29, 0.717) is 5.92 Å². The maximum Gasteiger partial charge on any atom is 0.0363 e. The molecule has 0 bridgehead atoms. The van der Waals surface area contributed by atoms with Crippen molar-refractivity contribution in [2.24, 2.45) is 0 Å². The summed E-state index contributed by atoms with van der Waals surface area (Å²) in [5.74, 6) is 0.655. The summed E-state index contributed by atoms with van der Waals surface area (Å²) in [4.78, 5) is 5.87. The van der Waals surface area contributed by atoms with E-state index in [0.717, 1.165) is 0 Å². The Kier molecular flexibility index (Phi) is 11.3. The molecule has 0 nitrogen and oxygen atoms in total. The predicted octanol–water partition coefficient (Wildman–Crippen LogP) is 16.9. The zero-order chi connectivity index (χ0) is 33.9. The highest BCUT2D eigenvalue weighted by molar-refractivity contribution is 7.24. The van der Waals surface area contributed by atoms with Crippen molar-refractivity contribution in [3.05, 3.63) is 81.5 Å². The van der Waals surface area contributed by atoms with Gasteiger partial charge in [0.2, 0.25) is 0 Å². The molecule has 256 valence electrons. The summed E-state index contributed by atoms with van der Waals surface area (Å²) >= 11 is 7.93. The second-order valence-corrected chi connectivity index (χ2v) is 19.0. The Bertz CT molecular complexity index is 2080. The molecule has 1 unspecified atom stereocenters. The summed E-state index contributed by atoms with van der Waals surface area (Å²) in [5.41, 5.74) is 5.48. The summed E-state index contributed by atoms with van der Waals surface area (Å²) in [6.45, 7) is 11.6. The van der Waals surface area contributed by atoms with Gasteiger partial charge in [-0.1, -0.05) is 85.0 Å². The second kappa shape index (κ2) is 15.8. The van der Waals surface area contributed by atoms with E-state index in [1.54, 1.807) is 9.75 Å². The van der Waals surface area contributed by atoms with Crippen molar-refractivity contribution in [2.45, 2.75) is 124 Å². The lowest BCUT2D eigenvalue weighted by molar-refractivity contribution is 0.571. The number of benzene rings is 3. The maximum absolute atomic E-state index is 2.47. The zero-order valence-electron chi connectivity index (χ0n) is 30.2. The van der Waals surface area contributed by atoms with Gasteiger partial charge in [0, 0.05) is 38.3 Å². The molecule has 0 saturated carbocycles. The van der Waals surface area contributed by atoms with Gasteiger partial charge in [-0.3, -0.25) is 0 Å². The average Bonchev–Trinajstić information content (AvgIpc) is 3.88. The van der Waals surface area contributed by atoms with Gasteiger partial charge < -0.3 is 0 Å². The van der Waals surface area contributed by atoms with Gasteiger partial charge in [-0.15, -0.1) is 45.3 Å². The Labute approximate surface area is 310 Å². The Morgan fingerprint density at radius 2 is 0.959 bits per heavy atom. The van der Waals surface area contributed by atoms with Crippen molar-refractivity contribution in [2.75, 3.05) is 0 Å². The van der Waals surface area contributed by atoms with Crippen LogP contribution in [0.15, 0.2) is 60.7 Å². The maximum atomic E-state index is 2.47. The van der Waals surface area contributed by atoms with Crippen molar-refractivity contribution in [1.29, 1.82) is 0 Å². The lowest BCUT2D eigenvalue weighted by atomic mass is 9.97. The lowest BCUT2D eigenvalue weighted by Gasteiger charge is -2.10. The van der Waals surface area contributed by atoms with Crippen molar-refractivity contribution < 1.29 is 0 Å². The average molecular weight is 721 g/mol.